The fourth-order valence-electron chi connectivity index (χ4n) is 3.74. The summed E-state index contributed by atoms with van der Waals surface area (Å²) in [5.41, 5.74) is 0.988. The molecule has 0 spiro atoms. The van der Waals surface area contributed by atoms with Crippen LogP contribution in [0.4, 0.5) is 23.4 Å². The van der Waals surface area contributed by atoms with E-state index in [-0.39, 0.29) is 23.0 Å². The minimum absolute atomic E-state index is 0.105. The Morgan fingerprint density at radius 3 is 2.47 bits per heavy atom. The summed E-state index contributed by atoms with van der Waals surface area (Å²) in [6, 6.07) is 11.1. The number of hydrogen-bond acceptors (Lipinski definition) is 3. The summed E-state index contributed by atoms with van der Waals surface area (Å²) in [7, 11) is 0. The van der Waals surface area contributed by atoms with Crippen LogP contribution in [0.25, 0.3) is 0 Å². The lowest BCUT2D eigenvalue weighted by Gasteiger charge is -2.33. The van der Waals surface area contributed by atoms with E-state index in [0.29, 0.717) is 10.2 Å². The van der Waals surface area contributed by atoms with Crippen molar-refractivity contribution in [3.8, 4) is 0 Å². The second-order valence-electron chi connectivity index (χ2n) is 7.60. The number of rotatable bonds is 4. The fourth-order valence-corrected chi connectivity index (χ4v) is 4.00. The van der Waals surface area contributed by atoms with E-state index in [9.17, 15) is 22.4 Å². The molecule has 0 bridgehead atoms. The van der Waals surface area contributed by atoms with Crippen molar-refractivity contribution in [2.24, 2.45) is 0 Å². The predicted molar refractivity (Wildman–Crippen MR) is 112 cm³/mol. The summed E-state index contributed by atoms with van der Waals surface area (Å²) in [6.07, 6.45) is -5.02. The number of aromatic nitrogens is 2. The van der Waals surface area contributed by atoms with E-state index in [4.69, 9.17) is 11.6 Å². The number of alkyl halides is 3. The van der Waals surface area contributed by atoms with Crippen molar-refractivity contribution in [1.29, 1.82) is 0 Å². The zero-order valence-corrected chi connectivity index (χ0v) is 17.6. The highest BCUT2D eigenvalue weighted by molar-refractivity contribution is 6.36. The van der Waals surface area contributed by atoms with Gasteiger partial charge in [-0.3, -0.25) is 4.79 Å². The van der Waals surface area contributed by atoms with E-state index >= 15 is 0 Å². The third-order valence-corrected chi connectivity index (χ3v) is 5.79. The first-order valence-electron chi connectivity index (χ1n) is 9.87. The van der Waals surface area contributed by atoms with Crippen molar-refractivity contribution < 1.29 is 22.4 Å². The van der Waals surface area contributed by atoms with Gasteiger partial charge in [0.25, 0.3) is 5.91 Å². The molecule has 0 saturated carbocycles. The summed E-state index contributed by atoms with van der Waals surface area (Å²) >= 11 is 6.33. The molecule has 2 heterocycles. The van der Waals surface area contributed by atoms with Gasteiger partial charge in [0.05, 0.1) is 12.1 Å². The standard InChI is InChI=1S/C22H19ClF4N4O/c1-12(13-5-3-2-4-6-13)28-21(32)19-18(23)20-29-16(14-7-9-15(24)10-8-14)11-17(22(25,26)27)31(20)30-19/h2-10,12,16-17,29H,11H2,1H3,(H,28,32)/t12-,16-,17+/m1/s1. The molecule has 4 rings (SSSR count). The minimum Gasteiger partial charge on any atom is -0.362 e. The molecule has 2 aromatic carbocycles. The highest BCUT2D eigenvalue weighted by atomic mass is 35.5. The van der Waals surface area contributed by atoms with Crippen LogP contribution in [0.3, 0.4) is 0 Å². The third kappa shape index (κ3) is 4.29. The van der Waals surface area contributed by atoms with E-state index in [1.165, 1.54) is 24.3 Å². The van der Waals surface area contributed by atoms with Gasteiger partial charge in [0.1, 0.15) is 16.7 Å². The smallest absolute Gasteiger partial charge is 0.362 e. The quantitative estimate of drug-likeness (QED) is 0.476. The number of anilines is 1. The Hall–Kier alpha value is -3.07. The lowest BCUT2D eigenvalue weighted by atomic mass is 9.97. The summed E-state index contributed by atoms with van der Waals surface area (Å²) in [5.74, 6) is -1.28. The van der Waals surface area contributed by atoms with Crippen LogP contribution in [0.5, 0.6) is 0 Å². The molecule has 1 aliphatic rings. The van der Waals surface area contributed by atoms with E-state index in [1.54, 1.807) is 6.92 Å². The Bertz CT molecular complexity index is 1120. The number of carbonyl (C=O) groups excluding carboxylic acids is 1. The monoisotopic (exact) mass is 466 g/mol. The second kappa shape index (κ2) is 8.46. The summed E-state index contributed by atoms with van der Waals surface area (Å²) in [4.78, 5) is 12.8. The van der Waals surface area contributed by atoms with Gasteiger partial charge in [-0.25, -0.2) is 9.07 Å². The molecule has 0 aliphatic carbocycles. The van der Waals surface area contributed by atoms with Crippen LogP contribution in [0, 0.1) is 5.82 Å². The lowest BCUT2D eigenvalue weighted by Crippen LogP contribution is -2.36. The topological polar surface area (TPSA) is 59.0 Å². The predicted octanol–water partition coefficient (Wildman–Crippen LogP) is 5.83. The molecule has 0 radical (unpaired) electrons. The molecule has 0 unspecified atom stereocenters. The molecule has 1 aromatic heterocycles. The number of hydrogen-bond donors (Lipinski definition) is 2. The van der Waals surface area contributed by atoms with E-state index in [0.717, 1.165) is 5.56 Å². The molecule has 10 heteroatoms. The van der Waals surface area contributed by atoms with E-state index in [2.05, 4.69) is 15.7 Å². The maximum Gasteiger partial charge on any atom is 0.410 e. The second-order valence-corrected chi connectivity index (χ2v) is 7.98. The van der Waals surface area contributed by atoms with E-state index in [1.807, 2.05) is 30.3 Å². The largest absolute Gasteiger partial charge is 0.410 e. The molecule has 3 aromatic rings. The molecular formula is C22H19ClF4N4O. The van der Waals surface area contributed by atoms with Crippen molar-refractivity contribution in [3.63, 3.8) is 0 Å². The van der Waals surface area contributed by atoms with Gasteiger partial charge < -0.3 is 10.6 Å². The number of carbonyl (C=O) groups is 1. The van der Waals surface area contributed by atoms with Crippen LogP contribution in [0.1, 0.15) is 53.1 Å². The average Bonchev–Trinajstić information content (AvgIpc) is 3.10. The number of nitrogens with zero attached hydrogens (tertiary/aromatic N) is 2. The normalized spacial score (nSPS) is 19.1. The van der Waals surface area contributed by atoms with Gasteiger partial charge in [0.2, 0.25) is 0 Å². The lowest BCUT2D eigenvalue weighted by molar-refractivity contribution is -0.173. The maximum absolute atomic E-state index is 13.9. The molecular weight excluding hydrogens is 448 g/mol. The zero-order chi connectivity index (χ0) is 23.0. The Morgan fingerprint density at radius 1 is 1.19 bits per heavy atom. The van der Waals surface area contributed by atoms with Crippen molar-refractivity contribution >= 4 is 23.3 Å². The summed E-state index contributed by atoms with van der Waals surface area (Å²) < 4.78 is 55.5. The van der Waals surface area contributed by atoms with Crippen molar-refractivity contribution in [3.05, 3.63) is 82.3 Å². The van der Waals surface area contributed by atoms with Crippen LogP contribution in [-0.2, 0) is 0 Å². The van der Waals surface area contributed by atoms with Crippen LogP contribution < -0.4 is 10.6 Å². The van der Waals surface area contributed by atoms with Crippen LogP contribution in [0.2, 0.25) is 5.02 Å². The Balaban J connectivity index is 1.66. The number of amides is 1. The Kier molecular flexibility index (Phi) is 5.85. The molecule has 3 atom stereocenters. The highest BCUT2D eigenvalue weighted by Crippen LogP contribution is 2.46. The first-order chi connectivity index (χ1) is 15.1. The Labute approximate surface area is 186 Å². The molecule has 0 fully saturated rings. The van der Waals surface area contributed by atoms with Gasteiger partial charge in [0, 0.05) is 6.42 Å². The maximum atomic E-state index is 13.9. The number of benzene rings is 2. The molecule has 1 amide bonds. The van der Waals surface area contributed by atoms with Gasteiger partial charge in [0.15, 0.2) is 11.7 Å². The van der Waals surface area contributed by atoms with Crippen LogP contribution in [0.15, 0.2) is 54.6 Å². The first-order valence-corrected chi connectivity index (χ1v) is 10.3. The van der Waals surface area contributed by atoms with Crippen LogP contribution >= 0.6 is 11.6 Å². The number of nitrogens with one attached hydrogen (secondary N) is 2. The Morgan fingerprint density at radius 2 is 1.84 bits per heavy atom. The highest BCUT2D eigenvalue weighted by Gasteiger charge is 2.47. The van der Waals surface area contributed by atoms with Gasteiger partial charge >= 0.3 is 6.18 Å². The molecule has 5 nitrogen and oxygen atoms in total. The van der Waals surface area contributed by atoms with Crippen molar-refractivity contribution in [2.75, 3.05) is 5.32 Å². The molecule has 1 aliphatic heterocycles. The van der Waals surface area contributed by atoms with Gasteiger partial charge in [-0.2, -0.15) is 18.3 Å². The molecule has 32 heavy (non-hydrogen) atoms. The van der Waals surface area contributed by atoms with E-state index < -0.39 is 36.0 Å². The molecule has 2 N–H and O–H groups in total. The van der Waals surface area contributed by atoms with Crippen LogP contribution in [-0.4, -0.2) is 21.9 Å². The number of halogens is 5. The zero-order valence-electron chi connectivity index (χ0n) is 16.8. The molecule has 0 saturated heterocycles. The SMILES string of the molecule is C[C@@H](NC(=O)c1nn2c(c1Cl)N[C@@H](c1ccc(F)cc1)C[C@H]2C(F)(F)F)c1ccccc1. The number of fused-ring (bicyclic) bond motifs is 1. The minimum atomic E-state index is -4.63. The van der Waals surface area contributed by atoms with Gasteiger partial charge in [-0.15, -0.1) is 0 Å². The third-order valence-electron chi connectivity index (χ3n) is 5.43. The first kappa shape index (κ1) is 22.1. The van der Waals surface area contributed by atoms with Crippen molar-refractivity contribution in [1.82, 2.24) is 15.1 Å². The summed E-state index contributed by atoms with van der Waals surface area (Å²) in [6.45, 7) is 1.75. The summed E-state index contributed by atoms with van der Waals surface area (Å²) in [5, 5.41) is 9.36. The molecule has 168 valence electrons. The average molecular weight is 467 g/mol. The fraction of sp³-hybridized carbons (Fsp3) is 0.273. The van der Waals surface area contributed by atoms with Crippen molar-refractivity contribution in [2.45, 2.75) is 37.6 Å². The van der Waals surface area contributed by atoms with Gasteiger partial charge in [-0.1, -0.05) is 54.1 Å². The van der Waals surface area contributed by atoms with Gasteiger partial charge in [-0.05, 0) is 30.2 Å².